The molecule has 8 heteroatoms. The van der Waals surface area contributed by atoms with Crippen LogP contribution >= 0.6 is 45.3 Å². The Labute approximate surface area is 318 Å². The highest BCUT2D eigenvalue weighted by molar-refractivity contribution is 7.29. The lowest BCUT2D eigenvalue weighted by Gasteiger charge is -2.27. The Kier molecular flexibility index (Phi) is 8.48. The number of thiophene rings is 4. The van der Waals surface area contributed by atoms with Crippen molar-refractivity contribution in [2.75, 3.05) is 22.9 Å². The molecule has 0 saturated heterocycles. The fraction of sp³-hybridized carbons (Fsp3) is 0.0909. The SMILES string of the molecule is CCN(CC)c1ccc(-c2ccc(-c3ccc(-c4ccc(-c5ccc(-c6ccc7c8c(cccc68)C(=O)N(c6ccccc6)C7=O)s5)s4)s3)s2)cc1. The van der Waals surface area contributed by atoms with Crippen LogP contribution in [0.25, 0.3) is 60.9 Å². The molecule has 52 heavy (non-hydrogen) atoms. The second-order valence-corrected chi connectivity index (χ2v) is 16.9. The van der Waals surface area contributed by atoms with Gasteiger partial charge >= 0.3 is 0 Å². The van der Waals surface area contributed by atoms with Gasteiger partial charge in [0.2, 0.25) is 0 Å². The zero-order valence-electron chi connectivity index (χ0n) is 28.5. The summed E-state index contributed by atoms with van der Waals surface area (Å²) in [4.78, 5) is 40.9. The Balaban J connectivity index is 0.960. The van der Waals surface area contributed by atoms with Crippen molar-refractivity contribution in [2.24, 2.45) is 0 Å². The van der Waals surface area contributed by atoms with Gasteiger partial charge in [0.1, 0.15) is 0 Å². The lowest BCUT2D eigenvalue weighted by atomic mass is 9.90. The number of nitrogens with zero attached hydrogens (tertiary/aromatic N) is 2. The predicted molar refractivity (Wildman–Crippen MR) is 224 cm³/mol. The molecule has 1 aliphatic rings. The Hall–Kier alpha value is -5.12. The number of rotatable bonds is 9. The second-order valence-electron chi connectivity index (χ2n) is 12.5. The Morgan fingerprint density at radius 3 is 1.52 bits per heavy atom. The first kappa shape index (κ1) is 32.8. The molecule has 0 aliphatic carbocycles. The molecule has 2 amide bonds. The summed E-state index contributed by atoms with van der Waals surface area (Å²) >= 11 is 7.23. The third-order valence-electron chi connectivity index (χ3n) is 9.62. The number of hydrogen-bond donors (Lipinski definition) is 0. The van der Waals surface area contributed by atoms with E-state index in [1.54, 1.807) is 23.5 Å². The van der Waals surface area contributed by atoms with E-state index in [9.17, 15) is 9.59 Å². The molecule has 0 bridgehead atoms. The molecule has 1 aliphatic heterocycles. The molecule has 254 valence electrons. The Morgan fingerprint density at radius 2 is 0.942 bits per heavy atom. The van der Waals surface area contributed by atoms with Gasteiger partial charge in [-0.2, -0.15) is 0 Å². The molecule has 4 aromatic carbocycles. The number of amides is 2. The van der Waals surface area contributed by atoms with Crippen molar-refractivity contribution in [3.8, 4) is 50.1 Å². The van der Waals surface area contributed by atoms with E-state index in [0.717, 1.165) is 34.3 Å². The van der Waals surface area contributed by atoms with Crippen LogP contribution < -0.4 is 9.80 Å². The number of anilines is 2. The third-order valence-corrected chi connectivity index (χ3v) is 14.6. The summed E-state index contributed by atoms with van der Waals surface area (Å²) in [5, 5.41) is 1.65. The average molecular weight is 749 g/mol. The standard InChI is InChI=1S/C44H32N2O2S4/c1-3-45(4-2)28-15-13-27(14-16-28)34-19-21-36(49-34)38-23-25-40(51-38)41-26-24-39(52-41)37-22-20-35(50-37)30-17-18-33-42-31(30)11-8-12-32(42)43(47)46(44(33)48)29-9-6-5-7-10-29/h5-26H,3-4H2,1-2H3. The van der Waals surface area contributed by atoms with Crippen molar-refractivity contribution in [1.82, 2.24) is 0 Å². The molecule has 0 unspecified atom stereocenters. The molecular weight excluding hydrogens is 717 g/mol. The van der Waals surface area contributed by atoms with E-state index < -0.39 is 0 Å². The van der Waals surface area contributed by atoms with E-state index in [1.165, 1.54) is 50.3 Å². The van der Waals surface area contributed by atoms with Crippen LogP contribution in [0.3, 0.4) is 0 Å². The van der Waals surface area contributed by atoms with E-state index in [2.05, 4.69) is 91.5 Å². The maximum Gasteiger partial charge on any atom is 0.265 e. The number of carbonyl (C=O) groups is 2. The minimum absolute atomic E-state index is 0.290. The molecule has 5 heterocycles. The van der Waals surface area contributed by atoms with Crippen molar-refractivity contribution in [1.29, 1.82) is 0 Å². The van der Waals surface area contributed by atoms with Gasteiger partial charge in [0.25, 0.3) is 11.8 Å². The lowest BCUT2D eigenvalue weighted by Crippen LogP contribution is -2.40. The molecule has 4 aromatic heterocycles. The fourth-order valence-corrected chi connectivity index (χ4v) is 11.3. The van der Waals surface area contributed by atoms with Gasteiger partial charge in [-0.15, -0.1) is 45.3 Å². The van der Waals surface area contributed by atoms with Crippen LogP contribution in [-0.2, 0) is 0 Å². The van der Waals surface area contributed by atoms with Crippen molar-refractivity contribution < 1.29 is 9.59 Å². The summed E-state index contributed by atoms with van der Waals surface area (Å²) in [5.41, 5.74) is 5.24. The number of carbonyl (C=O) groups excluding carboxylic acids is 2. The van der Waals surface area contributed by atoms with E-state index in [4.69, 9.17) is 0 Å². The number of benzene rings is 4. The first-order chi connectivity index (χ1) is 25.5. The summed E-state index contributed by atoms with van der Waals surface area (Å²) in [7, 11) is 0. The molecule has 0 fully saturated rings. The summed E-state index contributed by atoms with van der Waals surface area (Å²) < 4.78 is 0. The van der Waals surface area contributed by atoms with Crippen LogP contribution in [0.5, 0.6) is 0 Å². The van der Waals surface area contributed by atoms with Gasteiger partial charge in [-0.1, -0.05) is 48.5 Å². The van der Waals surface area contributed by atoms with Crippen LogP contribution in [0.1, 0.15) is 34.6 Å². The molecule has 4 nitrogen and oxygen atoms in total. The third kappa shape index (κ3) is 5.63. The number of imide groups is 1. The number of para-hydroxylation sites is 1. The molecular formula is C44H32N2O2S4. The maximum absolute atomic E-state index is 13.7. The first-order valence-corrected chi connectivity index (χ1v) is 20.5. The van der Waals surface area contributed by atoms with Gasteiger partial charge in [-0.3, -0.25) is 9.59 Å². The summed E-state index contributed by atoms with van der Waals surface area (Å²) in [6.45, 7) is 6.41. The summed E-state index contributed by atoms with van der Waals surface area (Å²) in [5.74, 6) is -0.581. The Morgan fingerprint density at radius 1 is 0.462 bits per heavy atom. The van der Waals surface area contributed by atoms with Crippen molar-refractivity contribution >= 4 is 79.3 Å². The van der Waals surface area contributed by atoms with E-state index >= 15 is 0 Å². The largest absolute Gasteiger partial charge is 0.372 e. The van der Waals surface area contributed by atoms with Gasteiger partial charge in [0.05, 0.1) is 5.69 Å². The smallest absolute Gasteiger partial charge is 0.265 e. The summed E-state index contributed by atoms with van der Waals surface area (Å²) in [6, 6.07) is 45.5. The zero-order chi connectivity index (χ0) is 35.3. The molecule has 0 spiro atoms. The molecule has 0 saturated carbocycles. The number of hydrogen-bond acceptors (Lipinski definition) is 7. The van der Waals surface area contributed by atoms with Crippen molar-refractivity contribution in [2.45, 2.75) is 13.8 Å². The lowest BCUT2D eigenvalue weighted by molar-refractivity contribution is 0.0893. The normalized spacial score (nSPS) is 12.6. The monoisotopic (exact) mass is 748 g/mol. The van der Waals surface area contributed by atoms with Gasteiger partial charge in [-0.25, -0.2) is 4.90 Å². The first-order valence-electron chi connectivity index (χ1n) is 17.3. The highest BCUT2D eigenvalue weighted by atomic mass is 32.1. The summed E-state index contributed by atoms with van der Waals surface area (Å²) in [6.07, 6.45) is 0. The fourth-order valence-electron chi connectivity index (χ4n) is 6.99. The van der Waals surface area contributed by atoms with E-state index in [1.807, 2.05) is 82.5 Å². The molecule has 9 rings (SSSR count). The van der Waals surface area contributed by atoms with Crippen molar-refractivity contribution in [3.63, 3.8) is 0 Å². The quantitative estimate of drug-likeness (QED) is 0.138. The van der Waals surface area contributed by atoms with Crippen LogP contribution in [0.4, 0.5) is 11.4 Å². The minimum Gasteiger partial charge on any atom is -0.372 e. The Bertz CT molecular complexity index is 2580. The van der Waals surface area contributed by atoms with Crippen LogP contribution in [0.15, 0.2) is 133 Å². The highest BCUT2D eigenvalue weighted by Crippen LogP contribution is 2.46. The molecule has 8 aromatic rings. The predicted octanol–water partition coefficient (Wildman–Crippen LogP) is 13.1. The zero-order valence-corrected chi connectivity index (χ0v) is 31.7. The van der Waals surface area contributed by atoms with Gasteiger partial charge in [0, 0.05) is 74.3 Å². The average Bonchev–Trinajstić information content (AvgIpc) is 4.02. The molecule has 0 N–H and O–H groups in total. The van der Waals surface area contributed by atoms with Gasteiger partial charge in [0.15, 0.2) is 0 Å². The van der Waals surface area contributed by atoms with Gasteiger partial charge < -0.3 is 4.90 Å². The van der Waals surface area contributed by atoms with Crippen molar-refractivity contribution in [3.05, 3.63) is 145 Å². The minimum atomic E-state index is -0.290. The van der Waals surface area contributed by atoms with E-state index in [-0.39, 0.29) is 11.8 Å². The topological polar surface area (TPSA) is 40.6 Å². The van der Waals surface area contributed by atoms with Crippen LogP contribution in [0.2, 0.25) is 0 Å². The van der Waals surface area contributed by atoms with E-state index in [0.29, 0.717) is 16.8 Å². The van der Waals surface area contributed by atoms with Gasteiger partial charge in [-0.05, 0) is 115 Å². The molecule has 0 atom stereocenters. The van der Waals surface area contributed by atoms with Crippen LogP contribution in [-0.4, -0.2) is 24.9 Å². The molecule has 0 radical (unpaired) electrons. The second kappa shape index (κ2) is 13.5. The maximum atomic E-state index is 13.7. The van der Waals surface area contributed by atoms with Crippen LogP contribution in [0, 0.1) is 0 Å². The highest BCUT2D eigenvalue weighted by Gasteiger charge is 2.34.